The molecule has 3 amide bonds. The van der Waals surface area contributed by atoms with Gasteiger partial charge in [-0.15, -0.1) is 0 Å². The minimum Gasteiger partial charge on any atom is -0.444 e. The standard InChI is InChI=1S/C26H32Cl2N4O4/c1-26(2,3)36-25(35)31-18-10-8-17(9-11-18)30-24(34)20-5-4-6-21(28)19(20)12-14-23(33)32-22-13-7-16(27)15-29-22/h4-7,13,15,17-18H,8-12,14H2,1-3H3,(H,30,34)(H,31,35)(H,29,32,33). The lowest BCUT2D eigenvalue weighted by Gasteiger charge is -2.30. The van der Waals surface area contributed by atoms with E-state index in [2.05, 4.69) is 20.9 Å². The van der Waals surface area contributed by atoms with Crippen molar-refractivity contribution in [1.29, 1.82) is 0 Å². The molecule has 194 valence electrons. The second-order valence-corrected chi connectivity index (χ2v) is 10.7. The summed E-state index contributed by atoms with van der Waals surface area (Å²) in [7, 11) is 0. The van der Waals surface area contributed by atoms with Crippen LogP contribution in [0.15, 0.2) is 36.5 Å². The number of nitrogens with one attached hydrogen (secondary N) is 3. The summed E-state index contributed by atoms with van der Waals surface area (Å²) in [6.45, 7) is 5.48. The highest BCUT2D eigenvalue weighted by atomic mass is 35.5. The lowest BCUT2D eigenvalue weighted by molar-refractivity contribution is -0.116. The molecule has 1 aliphatic carbocycles. The van der Waals surface area contributed by atoms with Gasteiger partial charge in [-0.1, -0.05) is 29.3 Å². The minimum atomic E-state index is -0.544. The number of amides is 3. The predicted molar refractivity (Wildman–Crippen MR) is 141 cm³/mol. The van der Waals surface area contributed by atoms with Crippen LogP contribution in [-0.2, 0) is 16.0 Å². The molecular weight excluding hydrogens is 503 g/mol. The summed E-state index contributed by atoms with van der Waals surface area (Å²) in [6.07, 6.45) is 4.42. The zero-order valence-corrected chi connectivity index (χ0v) is 22.2. The first-order valence-electron chi connectivity index (χ1n) is 12.0. The zero-order chi connectivity index (χ0) is 26.3. The van der Waals surface area contributed by atoms with Crippen LogP contribution in [0.1, 0.15) is 68.8 Å². The van der Waals surface area contributed by atoms with Crippen molar-refractivity contribution in [3.8, 4) is 0 Å². The monoisotopic (exact) mass is 534 g/mol. The van der Waals surface area contributed by atoms with Gasteiger partial charge in [0.1, 0.15) is 11.4 Å². The number of carbonyl (C=O) groups excluding carboxylic acids is 3. The number of pyridine rings is 1. The Morgan fingerprint density at radius 2 is 1.67 bits per heavy atom. The maximum Gasteiger partial charge on any atom is 0.407 e. The van der Waals surface area contributed by atoms with Crippen molar-refractivity contribution in [3.63, 3.8) is 0 Å². The molecule has 1 aliphatic rings. The summed E-state index contributed by atoms with van der Waals surface area (Å²) in [5.74, 6) is -0.0685. The molecule has 0 radical (unpaired) electrons. The highest BCUT2D eigenvalue weighted by Gasteiger charge is 2.26. The van der Waals surface area contributed by atoms with Crippen molar-refractivity contribution >= 4 is 46.9 Å². The summed E-state index contributed by atoms with van der Waals surface area (Å²) in [5.41, 5.74) is 0.530. The van der Waals surface area contributed by atoms with E-state index in [4.69, 9.17) is 27.9 Å². The van der Waals surface area contributed by atoms with Crippen LogP contribution in [0, 0.1) is 0 Å². The van der Waals surface area contributed by atoms with E-state index in [1.54, 1.807) is 30.3 Å². The van der Waals surface area contributed by atoms with Gasteiger partial charge < -0.3 is 20.7 Å². The zero-order valence-electron chi connectivity index (χ0n) is 20.7. The first-order chi connectivity index (χ1) is 17.0. The summed E-state index contributed by atoms with van der Waals surface area (Å²) in [4.78, 5) is 41.6. The third-order valence-corrected chi connectivity index (χ3v) is 6.32. The van der Waals surface area contributed by atoms with Crippen molar-refractivity contribution in [1.82, 2.24) is 15.6 Å². The summed E-state index contributed by atoms with van der Waals surface area (Å²) < 4.78 is 5.32. The largest absolute Gasteiger partial charge is 0.444 e. The number of halogens is 2. The second-order valence-electron chi connectivity index (χ2n) is 9.84. The van der Waals surface area contributed by atoms with Gasteiger partial charge in [0.25, 0.3) is 5.91 Å². The molecule has 0 saturated heterocycles. The predicted octanol–water partition coefficient (Wildman–Crippen LogP) is 5.53. The topological polar surface area (TPSA) is 109 Å². The van der Waals surface area contributed by atoms with E-state index in [1.165, 1.54) is 6.20 Å². The number of aromatic nitrogens is 1. The van der Waals surface area contributed by atoms with E-state index in [9.17, 15) is 14.4 Å². The highest BCUT2D eigenvalue weighted by molar-refractivity contribution is 6.32. The number of anilines is 1. The van der Waals surface area contributed by atoms with Crippen LogP contribution in [0.5, 0.6) is 0 Å². The molecule has 10 heteroatoms. The van der Waals surface area contributed by atoms with Gasteiger partial charge in [-0.25, -0.2) is 9.78 Å². The number of benzene rings is 1. The molecule has 1 heterocycles. The first-order valence-corrected chi connectivity index (χ1v) is 12.7. The quantitative estimate of drug-likeness (QED) is 0.432. The van der Waals surface area contributed by atoms with Crippen molar-refractivity contribution < 1.29 is 19.1 Å². The molecule has 0 bridgehead atoms. The number of hydrogen-bond acceptors (Lipinski definition) is 5. The van der Waals surface area contributed by atoms with Gasteiger partial charge in [0.15, 0.2) is 0 Å². The van der Waals surface area contributed by atoms with Crippen molar-refractivity contribution in [2.45, 2.75) is 77.0 Å². The van der Waals surface area contributed by atoms with Gasteiger partial charge in [0.05, 0.1) is 5.02 Å². The Hall–Kier alpha value is -2.84. The average Bonchev–Trinajstić information content (AvgIpc) is 2.79. The van der Waals surface area contributed by atoms with Crippen molar-refractivity contribution in [2.24, 2.45) is 0 Å². The Morgan fingerprint density at radius 3 is 2.28 bits per heavy atom. The number of carbonyl (C=O) groups is 3. The van der Waals surface area contributed by atoms with Gasteiger partial charge in [0.2, 0.25) is 5.91 Å². The van der Waals surface area contributed by atoms with Gasteiger partial charge >= 0.3 is 6.09 Å². The molecule has 0 aliphatic heterocycles. The SMILES string of the molecule is CC(C)(C)OC(=O)NC1CCC(NC(=O)c2cccc(Cl)c2CCC(=O)Nc2ccc(Cl)cn2)CC1. The Kier molecular flexibility index (Phi) is 9.56. The van der Waals surface area contributed by atoms with Gasteiger partial charge in [-0.05, 0) is 82.7 Å². The molecule has 36 heavy (non-hydrogen) atoms. The lowest BCUT2D eigenvalue weighted by atomic mass is 9.91. The van der Waals surface area contributed by atoms with Crippen LogP contribution >= 0.6 is 23.2 Å². The molecular formula is C26H32Cl2N4O4. The summed E-state index contributed by atoms with van der Waals surface area (Å²) in [5, 5.41) is 9.61. The summed E-state index contributed by atoms with van der Waals surface area (Å²) >= 11 is 12.2. The molecule has 1 aromatic carbocycles. The van der Waals surface area contributed by atoms with E-state index in [0.29, 0.717) is 33.4 Å². The van der Waals surface area contributed by atoms with Crippen LogP contribution in [-0.4, -0.2) is 40.6 Å². The Labute approximate surface area is 221 Å². The molecule has 3 rings (SSSR count). The van der Waals surface area contributed by atoms with Crippen LogP contribution in [0.2, 0.25) is 10.0 Å². The van der Waals surface area contributed by atoms with Gasteiger partial charge in [-0.2, -0.15) is 0 Å². The fraction of sp³-hybridized carbons (Fsp3) is 0.462. The molecule has 3 N–H and O–H groups in total. The molecule has 8 nitrogen and oxygen atoms in total. The Morgan fingerprint density at radius 1 is 1.00 bits per heavy atom. The maximum atomic E-state index is 13.1. The maximum absolute atomic E-state index is 13.1. The van der Waals surface area contributed by atoms with Gasteiger partial charge in [-0.3, -0.25) is 9.59 Å². The second kappa shape index (κ2) is 12.4. The lowest BCUT2D eigenvalue weighted by Crippen LogP contribution is -2.45. The molecule has 2 aromatic rings. The van der Waals surface area contributed by atoms with Crippen molar-refractivity contribution in [2.75, 3.05) is 5.32 Å². The number of rotatable bonds is 7. The van der Waals surface area contributed by atoms with E-state index in [1.807, 2.05) is 20.8 Å². The average molecular weight is 535 g/mol. The van der Waals surface area contributed by atoms with Crippen molar-refractivity contribution in [3.05, 3.63) is 57.7 Å². The number of nitrogens with zero attached hydrogens (tertiary/aromatic N) is 1. The highest BCUT2D eigenvalue weighted by Crippen LogP contribution is 2.24. The molecule has 0 spiro atoms. The summed E-state index contributed by atoms with van der Waals surface area (Å²) in [6, 6.07) is 8.41. The fourth-order valence-corrected chi connectivity index (χ4v) is 4.42. The molecule has 0 atom stereocenters. The molecule has 1 saturated carbocycles. The van der Waals surface area contributed by atoms with Crippen LogP contribution < -0.4 is 16.0 Å². The molecule has 0 unspecified atom stereocenters. The van der Waals surface area contributed by atoms with E-state index in [-0.39, 0.29) is 30.3 Å². The van der Waals surface area contributed by atoms with Crippen LogP contribution in [0.25, 0.3) is 0 Å². The third-order valence-electron chi connectivity index (χ3n) is 5.74. The Balaban J connectivity index is 1.52. The van der Waals surface area contributed by atoms with E-state index in [0.717, 1.165) is 25.7 Å². The number of hydrogen-bond donors (Lipinski definition) is 3. The normalized spacial score (nSPS) is 17.7. The molecule has 1 fully saturated rings. The smallest absolute Gasteiger partial charge is 0.407 e. The number of ether oxygens (including phenoxy) is 1. The third kappa shape index (κ3) is 8.68. The fourth-order valence-electron chi connectivity index (χ4n) is 4.04. The first kappa shape index (κ1) is 27.7. The molecule has 1 aromatic heterocycles. The van der Waals surface area contributed by atoms with E-state index < -0.39 is 11.7 Å². The van der Waals surface area contributed by atoms with Crippen LogP contribution in [0.4, 0.5) is 10.6 Å². The van der Waals surface area contributed by atoms with Gasteiger partial charge in [0, 0.05) is 35.3 Å². The Bertz CT molecular complexity index is 1080. The van der Waals surface area contributed by atoms with E-state index >= 15 is 0 Å². The van der Waals surface area contributed by atoms with Crippen LogP contribution in [0.3, 0.4) is 0 Å². The number of alkyl carbamates (subject to hydrolysis) is 1. The minimum absolute atomic E-state index is 0.0136.